The third-order valence-corrected chi connectivity index (χ3v) is 5.43. The van der Waals surface area contributed by atoms with Crippen molar-refractivity contribution in [3.8, 4) is 0 Å². The average Bonchev–Trinajstić information content (AvgIpc) is 3.24. The first-order valence-electron chi connectivity index (χ1n) is 8.07. The van der Waals surface area contributed by atoms with E-state index in [4.69, 9.17) is 0 Å². The molecule has 3 aromatic rings. The normalized spacial score (nSPS) is 14.6. The monoisotopic (exact) mass is 324 g/mol. The van der Waals surface area contributed by atoms with Crippen LogP contribution < -0.4 is 10.2 Å². The van der Waals surface area contributed by atoms with Crippen LogP contribution in [-0.4, -0.2) is 23.1 Å². The van der Waals surface area contributed by atoms with E-state index in [2.05, 4.69) is 50.7 Å². The van der Waals surface area contributed by atoms with Crippen LogP contribution in [0.2, 0.25) is 0 Å². The van der Waals surface area contributed by atoms with Gasteiger partial charge in [0.05, 0.1) is 0 Å². The summed E-state index contributed by atoms with van der Waals surface area (Å²) in [7, 11) is 0. The summed E-state index contributed by atoms with van der Waals surface area (Å²) in [6, 6.07) is 6.54. The highest BCUT2D eigenvalue weighted by molar-refractivity contribution is 7.17. The Morgan fingerprint density at radius 1 is 1.17 bits per heavy atom. The quantitative estimate of drug-likeness (QED) is 0.780. The lowest BCUT2D eigenvalue weighted by Gasteiger charge is -2.14. The van der Waals surface area contributed by atoms with Crippen LogP contribution in [0, 0.1) is 6.92 Å². The zero-order chi connectivity index (χ0) is 15.6. The Kier molecular flexibility index (Phi) is 3.87. The number of benzene rings is 1. The van der Waals surface area contributed by atoms with Crippen molar-refractivity contribution in [2.24, 2.45) is 0 Å². The molecule has 5 heteroatoms. The van der Waals surface area contributed by atoms with Crippen molar-refractivity contribution in [2.75, 3.05) is 23.3 Å². The van der Waals surface area contributed by atoms with E-state index < -0.39 is 0 Å². The smallest absolute Gasteiger partial charge is 0.225 e. The topological polar surface area (TPSA) is 41.1 Å². The molecule has 0 amide bonds. The zero-order valence-corrected chi connectivity index (χ0v) is 14.1. The van der Waals surface area contributed by atoms with Gasteiger partial charge in [-0.1, -0.05) is 0 Å². The lowest BCUT2D eigenvalue weighted by atomic mass is 10.2. The van der Waals surface area contributed by atoms with Gasteiger partial charge in [0, 0.05) is 48.0 Å². The van der Waals surface area contributed by atoms with E-state index >= 15 is 0 Å². The van der Waals surface area contributed by atoms with Crippen molar-refractivity contribution < 1.29 is 0 Å². The molecule has 0 bridgehead atoms. The van der Waals surface area contributed by atoms with Crippen LogP contribution in [0.3, 0.4) is 0 Å². The van der Waals surface area contributed by atoms with Gasteiger partial charge in [0.1, 0.15) is 0 Å². The molecule has 0 aliphatic carbocycles. The molecule has 23 heavy (non-hydrogen) atoms. The number of nitrogens with zero attached hydrogens (tertiary/aromatic N) is 3. The molecule has 1 aliphatic rings. The summed E-state index contributed by atoms with van der Waals surface area (Å²) >= 11 is 1.80. The Labute approximate surface area is 140 Å². The van der Waals surface area contributed by atoms with Crippen molar-refractivity contribution in [3.05, 3.63) is 47.1 Å². The maximum absolute atomic E-state index is 4.51. The third-order valence-electron chi connectivity index (χ3n) is 4.34. The van der Waals surface area contributed by atoms with Crippen LogP contribution in [0.15, 0.2) is 36.0 Å². The molecular weight excluding hydrogens is 304 g/mol. The van der Waals surface area contributed by atoms with Crippen molar-refractivity contribution in [2.45, 2.75) is 26.3 Å². The fourth-order valence-corrected chi connectivity index (χ4v) is 3.91. The molecule has 0 atom stereocenters. The highest BCUT2D eigenvalue weighted by Gasteiger charge is 2.14. The summed E-state index contributed by atoms with van der Waals surface area (Å²) < 4.78 is 1.34. The van der Waals surface area contributed by atoms with Gasteiger partial charge in [-0.05, 0) is 54.3 Å². The molecule has 1 aromatic carbocycles. The first-order chi connectivity index (χ1) is 11.3. The molecule has 1 N–H and O–H groups in total. The van der Waals surface area contributed by atoms with Crippen molar-refractivity contribution in [1.29, 1.82) is 0 Å². The van der Waals surface area contributed by atoms with Crippen LogP contribution in [0.1, 0.15) is 24.0 Å². The molecule has 2 aromatic heterocycles. The first-order valence-corrected chi connectivity index (χ1v) is 8.95. The number of hydrogen-bond donors (Lipinski definition) is 1. The van der Waals surface area contributed by atoms with Gasteiger partial charge >= 0.3 is 0 Å². The summed E-state index contributed by atoms with van der Waals surface area (Å²) in [5.74, 6) is 0.863. The van der Waals surface area contributed by atoms with Crippen molar-refractivity contribution >= 4 is 33.1 Å². The van der Waals surface area contributed by atoms with Gasteiger partial charge in [-0.25, -0.2) is 9.97 Å². The Morgan fingerprint density at radius 3 is 2.74 bits per heavy atom. The Hall–Kier alpha value is -2.14. The second-order valence-corrected chi connectivity index (χ2v) is 6.98. The maximum Gasteiger partial charge on any atom is 0.225 e. The third kappa shape index (κ3) is 3.01. The standard InChI is InChI=1S/C18H20N4S/c1-13-12-23-17-5-4-15(8-16(13)17)19-9-14-10-20-18(21-11-14)22-6-2-3-7-22/h4-5,8,10-12,19H,2-3,6-7,9H2,1H3. The van der Waals surface area contributed by atoms with E-state index in [-0.39, 0.29) is 0 Å². The summed E-state index contributed by atoms with van der Waals surface area (Å²) in [6.45, 7) is 5.07. The molecule has 1 aliphatic heterocycles. The predicted molar refractivity (Wildman–Crippen MR) is 97.4 cm³/mol. The molecule has 3 heterocycles. The number of rotatable bonds is 4. The van der Waals surface area contributed by atoms with E-state index in [0.29, 0.717) is 0 Å². The fraction of sp³-hybridized carbons (Fsp3) is 0.333. The van der Waals surface area contributed by atoms with Gasteiger partial charge in [0.15, 0.2) is 0 Å². The number of hydrogen-bond acceptors (Lipinski definition) is 5. The van der Waals surface area contributed by atoms with Gasteiger partial charge < -0.3 is 10.2 Å². The molecule has 0 radical (unpaired) electrons. The molecule has 4 nitrogen and oxygen atoms in total. The molecular formula is C18H20N4S. The minimum Gasteiger partial charge on any atom is -0.381 e. The van der Waals surface area contributed by atoms with E-state index in [1.807, 2.05) is 12.4 Å². The minimum atomic E-state index is 0.745. The lowest BCUT2D eigenvalue weighted by Crippen LogP contribution is -2.20. The number of aromatic nitrogens is 2. The Balaban J connectivity index is 1.44. The highest BCUT2D eigenvalue weighted by atomic mass is 32.1. The molecule has 1 fully saturated rings. The maximum atomic E-state index is 4.51. The first kappa shape index (κ1) is 14.5. The zero-order valence-electron chi connectivity index (χ0n) is 13.2. The number of aryl methyl sites for hydroxylation is 1. The van der Waals surface area contributed by atoms with Gasteiger partial charge in [0.2, 0.25) is 5.95 Å². The molecule has 4 rings (SSSR count). The Bertz CT molecular complexity index is 804. The molecule has 0 spiro atoms. The van der Waals surface area contributed by atoms with Crippen molar-refractivity contribution in [1.82, 2.24) is 9.97 Å². The molecule has 118 valence electrons. The average molecular weight is 324 g/mol. The molecule has 1 saturated heterocycles. The van der Waals surface area contributed by atoms with Crippen LogP contribution in [0.25, 0.3) is 10.1 Å². The van der Waals surface area contributed by atoms with E-state index in [0.717, 1.165) is 36.8 Å². The van der Waals surface area contributed by atoms with Gasteiger partial charge in [-0.2, -0.15) is 0 Å². The fourth-order valence-electron chi connectivity index (χ4n) is 2.99. The van der Waals surface area contributed by atoms with Crippen LogP contribution in [0.5, 0.6) is 0 Å². The summed E-state index contributed by atoms with van der Waals surface area (Å²) in [5.41, 5.74) is 3.59. The Morgan fingerprint density at radius 2 is 1.96 bits per heavy atom. The highest BCUT2D eigenvalue weighted by Crippen LogP contribution is 2.28. The number of thiophene rings is 1. The molecule has 0 unspecified atom stereocenters. The van der Waals surface area contributed by atoms with Gasteiger partial charge in [0.25, 0.3) is 0 Å². The van der Waals surface area contributed by atoms with E-state index in [1.54, 1.807) is 11.3 Å². The predicted octanol–water partition coefficient (Wildman–Crippen LogP) is 4.21. The van der Waals surface area contributed by atoms with Crippen molar-refractivity contribution in [3.63, 3.8) is 0 Å². The number of anilines is 2. The van der Waals surface area contributed by atoms with Gasteiger partial charge in [-0.3, -0.25) is 0 Å². The lowest BCUT2D eigenvalue weighted by molar-refractivity contribution is 0.889. The van der Waals surface area contributed by atoms with Crippen LogP contribution in [-0.2, 0) is 6.54 Å². The summed E-state index contributed by atoms with van der Waals surface area (Å²) in [6.07, 6.45) is 6.36. The summed E-state index contributed by atoms with van der Waals surface area (Å²) in [4.78, 5) is 11.3. The largest absolute Gasteiger partial charge is 0.381 e. The minimum absolute atomic E-state index is 0.745. The molecule has 0 saturated carbocycles. The van der Waals surface area contributed by atoms with E-state index in [9.17, 15) is 0 Å². The van der Waals surface area contributed by atoms with Gasteiger partial charge in [-0.15, -0.1) is 11.3 Å². The SMILES string of the molecule is Cc1csc2ccc(NCc3cnc(N4CCCC4)nc3)cc12. The van der Waals surface area contributed by atoms with E-state index in [1.165, 1.54) is 28.5 Å². The summed E-state index contributed by atoms with van der Waals surface area (Å²) in [5, 5.41) is 7.01. The van der Waals surface area contributed by atoms with Crippen LogP contribution >= 0.6 is 11.3 Å². The second kappa shape index (κ2) is 6.16. The number of nitrogens with one attached hydrogen (secondary N) is 1. The second-order valence-electron chi connectivity index (χ2n) is 6.07. The number of fused-ring (bicyclic) bond motifs is 1. The van der Waals surface area contributed by atoms with Crippen LogP contribution in [0.4, 0.5) is 11.6 Å².